The number of allylic oxidation sites excluding steroid dienone is 19. The van der Waals surface area contributed by atoms with Gasteiger partial charge in [0.05, 0.1) is 46.1 Å². The number of likely N-dealkylation sites (N-methyl/N-ethyl adjacent to an activating group) is 1. The van der Waals surface area contributed by atoms with Crippen molar-refractivity contribution in [3.63, 3.8) is 0 Å². The Morgan fingerprint density at radius 2 is 1.14 bits per heavy atom. The first-order valence-electron chi connectivity index (χ1n) is 22.2. The van der Waals surface area contributed by atoms with E-state index in [2.05, 4.69) is 61.6 Å². The van der Waals surface area contributed by atoms with Crippen LogP contribution in [0.2, 0.25) is 0 Å². The molecule has 0 aromatic carbocycles. The Hall–Kier alpha value is -3.97. The predicted molar refractivity (Wildman–Crippen MR) is 253 cm³/mol. The molecule has 354 valence electrons. The van der Waals surface area contributed by atoms with Crippen molar-refractivity contribution in [3.05, 3.63) is 134 Å². The maximum atomic E-state index is 12.7. The minimum absolute atomic E-state index is 0.0683. The number of phosphoric acid groups is 1. The minimum atomic E-state index is -4.75. The molecule has 0 aromatic rings. The van der Waals surface area contributed by atoms with Crippen molar-refractivity contribution < 1.29 is 57.4 Å². The Morgan fingerprint density at radius 1 is 0.635 bits per heavy atom. The Labute approximate surface area is 379 Å². The molecule has 0 saturated carbocycles. The van der Waals surface area contributed by atoms with Gasteiger partial charge in [-0.05, 0) is 70.6 Å². The van der Waals surface area contributed by atoms with Crippen molar-refractivity contribution in [1.82, 2.24) is 0 Å². The van der Waals surface area contributed by atoms with Gasteiger partial charge in [-0.2, -0.15) is 0 Å². The van der Waals surface area contributed by atoms with E-state index in [4.69, 9.17) is 18.5 Å². The van der Waals surface area contributed by atoms with Crippen molar-refractivity contribution in [2.45, 2.75) is 122 Å². The Balaban J connectivity index is 4.83. The largest absolute Gasteiger partial charge is 0.756 e. The van der Waals surface area contributed by atoms with Crippen LogP contribution in [0.15, 0.2) is 134 Å². The standard InChI is InChI=1S/C50H78NO11P/c1-6-8-10-11-12-13-14-15-16-17-18-19-20-21-22-23-24-29-33-39-49(55)59-43-46(44-61-63(57,58)60-42-41-51(3,4)5)62-50(56)40-34-38-48(54)47(53)37-32-28-26-25-27-31-36-45(52)35-30-9-7-2/h8-10,12-13,15-16,18-19,21-22,24-32,36-37,45-48,52-54H,6-7,11,14,17,20,23,33-35,38-44H2,1-5H3/b10-8-,13-12-,16-15-,19-18-,22-21-,27-25+,28-26-,29-24-,30-9-,36-31+,37-32-/t45-,46+,47+,48+/m0/s1. The lowest BCUT2D eigenvalue weighted by Crippen LogP contribution is -2.37. The molecule has 0 amide bonds. The van der Waals surface area contributed by atoms with E-state index in [1.54, 1.807) is 42.5 Å². The molecule has 3 N–H and O–H groups in total. The van der Waals surface area contributed by atoms with Crippen molar-refractivity contribution in [1.29, 1.82) is 0 Å². The normalized spacial score (nSPS) is 16.3. The summed E-state index contributed by atoms with van der Waals surface area (Å²) in [7, 11) is 0.880. The highest BCUT2D eigenvalue weighted by Crippen LogP contribution is 2.38. The average Bonchev–Trinajstić information content (AvgIpc) is 3.23. The monoisotopic (exact) mass is 900 g/mol. The van der Waals surface area contributed by atoms with E-state index in [9.17, 15) is 34.4 Å². The number of rotatable bonds is 37. The van der Waals surface area contributed by atoms with E-state index in [-0.39, 0.29) is 32.3 Å². The van der Waals surface area contributed by atoms with E-state index < -0.39 is 57.4 Å². The van der Waals surface area contributed by atoms with Crippen LogP contribution in [0, 0.1) is 0 Å². The smallest absolute Gasteiger partial charge is 0.306 e. The van der Waals surface area contributed by atoms with Gasteiger partial charge in [-0.3, -0.25) is 14.2 Å². The summed E-state index contributed by atoms with van der Waals surface area (Å²) in [6.07, 6.45) is 45.9. The number of quaternary nitrogens is 1. The molecule has 0 rings (SSSR count). The number of carbonyl (C=O) groups is 2. The molecule has 0 fully saturated rings. The number of hydrogen-bond donors (Lipinski definition) is 3. The van der Waals surface area contributed by atoms with E-state index in [1.807, 2.05) is 58.4 Å². The van der Waals surface area contributed by atoms with Crippen LogP contribution in [-0.4, -0.2) is 104 Å². The van der Waals surface area contributed by atoms with Crippen LogP contribution in [0.1, 0.15) is 97.3 Å². The molecule has 63 heavy (non-hydrogen) atoms. The summed E-state index contributed by atoms with van der Waals surface area (Å²) >= 11 is 0. The second-order valence-corrected chi connectivity index (χ2v) is 16.9. The SMILES string of the molecule is CC/C=C\C/C=C\C/C=C\C/C=C\C/C=C\C/C=C\CCC(=O)OC[C@H](COP(=O)([O-])OCC[N+](C)(C)C)OC(=O)CCC[C@@H](O)[C@H](O)\C=C/C=C\C=C\C=C\[C@@H](O)C/C=C\CC. The van der Waals surface area contributed by atoms with Gasteiger partial charge in [0, 0.05) is 12.8 Å². The van der Waals surface area contributed by atoms with Gasteiger partial charge in [0.15, 0.2) is 6.10 Å². The number of hydrogen-bond acceptors (Lipinski definition) is 11. The predicted octanol–water partition coefficient (Wildman–Crippen LogP) is 8.96. The molecule has 0 aliphatic carbocycles. The van der Waals surface area contributed by atoms with Crippen LogP contribution >= 0.6 is 7.82 Å². The van der Waals surface area contributed by atoms with Gasteiger partial charge in [-0.1, -0.05) is 148 Å². The first-order chi connectivity index (χ1) is 30.2. The fourth-order valence-corrected chi connectivity index (χ4v) is 5.69. The fraction of sp³-hybridized carbons (Fsp3) is 0.520. The van der Waals surface area contributed by atoms with Crippen LogP contribution in [-0.2, 0) is 32.7 Å². The van der Waals surface area contributed by atoms with Gasteiger partial charge in [-0.15, -0.1) is 0 Å². The van der Waals surface area contributed by atoms with Gasteiger partial charge in [0.2, 0.25) is 0 Å². The topological polar surface area (TPSA) is 172 Å². The molecule has 1 unspecified atom stereocenters. The maximum Gasteiger partial charge on any atom is 0.306 e. The highest BCUT2D eigenvalue weighted by Gasteiger charge is 2.22. The average molecular weight is 900 g/mol. The third-order valence-electron chi connectivity index (χ3n) is 8.52. The second kappa shape index (κ2) is 39.6. The van der Waals surface area contributed by atoms with Crippen molar-refractivity contribution >= 4 is 19.8 Å². The lowest BCUT2D eigenvalue weighted by molar-refractivity contribution is -0.870. The van der Waals surface area contributed by atoms with E-state index >= 15 is 0 Å². The van der Waals surface area contributed by atoms with Gasteiger partial charge in [0.1, 0.15) is 19.8 Å². The molecular weight excluding hydrogens is 822 g/mol. The highest BCUT2D eigenvalue weighted by molar-refractivity contribution is 7.45. The molecule has 0 bridgehead atoms. The zero-order valence-corrected chi connectivity index (χ0v) is 39.4. The first kappa shape index (κ1) is 59.0. The number of esters is 2. The summed E-state index contributed by atoms with van der Waals surface area (Å²) in [5.41, 5.74) is 0. The van der Waals surface area contributed by atoms with E-state index in [1.165, 1.54) is 6.08 Å². The molecule has 0 aromatic heterocycles. The van der Waals surface area contributed by atoms with Crippen molar-refractivity contribution in [2.24, 2.45) is 0 Å². The Bertz CT molecular complexity index is 1580. The summed E-state index contributed by atoms with van der Waals surface area (Å²) in [5, 5.41) is 30.5. The van der Waals surface area contributed by atoms with Gasteiger partial charge in [0.25, 0.3) is 7.82 Å². The summed E-state index contributed by atoms with van der Waals surface area (Å²) < 4.78 is 33.5. The number of phosphoric ester groups is 1. The van der Waals surface area contributed by atoms with E-state index in [0.717, 1.165) is 44.9 Å². The molecular formula is C50H78NO11P. The summed E-state index contributed by atoms with van der Waals surface area (Å²) in [5.74, 6) is -1.28. The number of aliphatic hydroxyl groups excluding tert-OH is 3. The number of ether oxygens (including phenoxy) is 2. The number of nitrogens with zero attached hydrogens (tertiary/aromatic N) is 1. The van der Waals surface area contributed by atoms with Crippen LogP contribution in [0.5, 0.6) is 0 Å². The van der Waals surface area contributed by atoms with Gasteiger partial charge in [-0.25, -0.2) is 0 Å². The van der Waals surface area contributed by atoms with E-state index in [0.29, 0.717) is 23.9 Å². The molecule has 13 heteroatoms. The van der Waals surface area contributed by atoms with Crippen molar-refractivity contribution in [3.8, 4) is 0 Å². The third-order valence-corrected chi connectivity index (χ3v) is 9.49. The molecule has 0 aliphatic heterocycles. The van der Waals surface area contributed by atoms with Crippen LogP contribution in [0.3, 0.4) is 0 Å². The van der Waals surface area contributed by atoms with Crippen LogP contribution in [0.4, 0.5) is 0 Å². The zero-order chi connectivity index (χ0) is 46.9. The molecule has 12 nitrogen and oxygen atoms in total. The molecule has 0 aliphatic rings. The summed E-state index contributed by atoms with van der Waals surface area (Å²) in [4.78, 5) is 37.6. The lowest BCUT2D eigenvalue weighted by atomic mass is 10.1. The molecule has 0 heterocycles. The Morgan fingerprint density at radius 3 is 1.70 bits per heavy atom. The fourth-order valence-electron chi connectivity index (χ4n) is 4.96. The molecule has 0 saturated heterocycles. The van der Waals surface area contributed by atoms with Crippen molar-refractivity contribution in [2.75, 3.05) is 47.5 Å². The van der Waals surface area contributed by atoms with Gasteiger partial charge >= 0.3 is 11.9 Å². The van der Waals surface area contributed by atoms with Gasteiger partial charge < -0.3 is 43.2 Å². The number of carbonyl (C=O) groups excluding carboxylic acids is 2. The number of aliphatic hydroxyl groups is 3. The third kappa shape index (κ3) is 41.8. The molecule has 0 radical (unpaired) electrons. The first-order valence-corrected chi connectivity index (χ1v) is 23.7. The van der Waals surface area contributed by atoms with Crippen LogP contribution < -0.4 is 4.89 Å². The summed E-state index contributed by atoms with van der Waals surface area (Å²) in [6, 6.07) is 0. The minimum Gasteiger partial charge on any atom is -0.756 e. The zero-order valence-electron chi connectivity index (χ0n) is 38.5. The Kier molecular flexibility index (Phi) is 37.1. The van der Waals surface area contributed by atoms with Crippen LogP contribution in [0.25, 0.3) is 0 Å². The second-order valence-electron chi connectivity index (χ2n) is 15.5. The maximum absolute atomic E-state index is 12.7. The summed E-state index contributed by atoms with van der Waals surface area (Å²) in [6.45, 7) is 3.38. The highest BCUT2D eigenvalue weighted by atomic mass is 31.2. The quantitative estimate of drug-likeness (QED) is 0.0179. The molecule has 5 atom stereocenters. The lowest BCUT2D eigenvalue weighted by Gasteiger charge is -2.28. The molecule has 0 spiro atoms.